The molecule has 3 heterocycles. The van der Waals surface area contributed by atoms with Crippen LogP contribution in [0.1, 0.15) is 11.5 Å². The number of pyridine rings is 1. The Morgan fingerprint density at radius 3 is 3.14 bits per heavy atom. The molecule has 1 fully saturated rings. The van der Waals surface area contributed by atoms with E-state index < -0.39 is 0 Å². The highest BCUT2D eigenvalue weighted by atomic mass is 16.5. The van der Waals surface area contributed by atoms with Crippen molar-refractivity contribution in [3.05, 3.63) is 17.7 Å². The summed E-state index contributed by atoms with van der Waals surface area (Å²) in [4.78, 5) is 4.17. The Morgan fingerprint density at radius 1 is 1.29 bits per heavy atom. The van der Waals surface area contributed by atoms with E-state index in [1.54, 1.807) is 0 Å². The van der Waals surface area contributed by atoms with Gasteiger partial charge in [0.25, 0.3) is 0 Å². The number of nitrogen functional groups attached to an aromatic ring is 1. The van der Waals surface area contributed by atoms with E-state index in [2.05, 4.69) is 4.98 Å². The molecule has 0 bridgehead atoms. The van der Waals surface area contributed by atoms with Crippen LogP contribution < -0.4 is 10.5 Å². The van der Waals surface area contributed by atoms with Crippen LogP contribution in [0.5, 0.6) is 5.88 Å². The third kappa shape index (κ3) is 1.07. The molecule has 2 N–H and O–H groups in total. The number of ether oxygens (including phenoxy) is 2. The van der Waals surface area contributed by atoms with E-state index >= 15 is 0 Å². The summed E-state index contributed by atoms with van der Waals surface area (Å²) in [5.74, 6) is 2.15. The second-order valence-corrected chi connectivity index (χ2v) is 3.85. The van der Waals surface area contributed by atoms with Gasteiger partial charge in [-0.15, -0.1) is 0 Å². The molecule has 0 radical (unpaired) electrons. The van der Waals surface area contributed by atoms with Crippen LogP contribution >= 0.6 is 0 Å². The second-order valence-electron chi connectivity index (χ2n) is 3.85. The van der Waals surface area contributed by atoms with Gasteiger partial charge in [0.1, 0.15) is 5.82 Å². The number of nitrogens with zero attached hydrogens (tertiary/aromatic N) is 1. The summed E-state index contributed by atoms with van der Waals surface area (Å²) >= 11 is 0. The van der Waals surface area contributed by atoms with E-state index in [9.17, 15) is 0 Å². The Hall–Kier alpha value is -1.29. The molecule has 2 unspecified atom stereocenters. The van der Waals surface area contributed by atoms with E-state index in [1.807, 2.05) is 12.1 Å². The zero-order chi connectivity index (χ0) is 9.54. The number of anilines is 1. The van der Waals surface area contributed by atoms with Crippen molar-refractivity contribution in [3.63, 3.8) is 0 Å². The first-order valence-electron chi connectivity index (χ1n) is 4.81. The molecule has 0 spiro atoms. The van der Waals surface area contributed by atoms with Crippen molar-refractivity contribution in [1.82, 2.24) is 4.98 Å². The van der Waals surface area contributed by atoms with E-state index in [0.717, 1.165) is 18.8 Å². The van der Waals surface area contributed by atoms with Crippen LogP contribution in [-0.2, 0) is 4.74 Å². The Labute approximate surface area is 82.0 Å². The van der Waals surface area contributed by atoms with Crippen LogP contribution in [0.4, 0.5) is 5.82 Å². The van der Waals surface area contributed by atoms with Gasteiger partial charge >= 0.3 is 0 Å². The summed E-state index contributed by atoms with van der Waals surface area (Å²) in [6, 6.07) is 3.83. The van der Waals surface area contributed by atoms with Gasteiger partial charge in [-0.3, -0.25) is 0 Å². The lowest BCUT2D eigenvalue weighted by Crippen LogP contribution is -2.25. The predicted octanol–water partition coefficient (Wildman–Crippen LogP) is 0.786. The predicted molar refractivity (Wildman–Crippen MR) is 51.2 cm³/mol. The molecule has 14 heavy (non-hydrogen) atoms. The highest BCUT2D eigenvalue weighted by molar-refractivity contribution is 5.41. The smallest absolute Gasteiger partial charge is 0.218 e. The van der Waals surface area contributed by atoms with Crippen LogP contribution in [0.25, 0.3) is 0 Å². The van der Waals surface area contributed by atoms with Crippen molar-refractivity contribution in [3.8, 4) is 5.88 Å². The second kappa shape index (κ2) is 2.85. The summed E-state index contributed by atoms with van der Waals surface area (Å²) in [6.07, 6.45) is 0. The van der Waals surface area contributed by atoms with Crippen molar-refractivity contribution in [2.75, 3.05) is 25.6 Å². The van der Waals surface area contributed by atoms with Crippen molar-refractivity contribution in [2.45, 2.75) is 5.92 Å². The fraction of sp³-hybridized carbons (Fsp3) is 0.500. The summed E-state index contributed by atoms with van der Waals surface area (Å²) in [5, 5.41) is 0. The van der Waals surface area contributed by atoms with E-state index in [0.29, 0.717) is 30.1 Å². The molecular weight excluding hydrogens is 180 g/mol. The monoisotopic (exact) mass is 192 g/mol. The molecule has 74 valence electrons. The lowest BCUT2D eigenvalue weighted by Gasteiger charge is -2.25. The number of hydrogen-bond acceptors (Lipinski definition) is 4. The van der Waals surface area contributed by atoms with Gasteiger partial charge in [0, 0.05) is 17.4 Å². The molecule has 2 atom stereocenters. The lowest BCUT2D eigenvalue weighted by molar-refractivity contribution is 0.164. The average molecular weight is 192 g/mol. The van der Waals surface area contributed by atoms with Gasteiger partial charge in [0.15, 0.2) is 0 Å². The first-order valence-corrected chi connectivity index (χ1v) is 4.81. The van der Waals surface area contributed by atoms with Crippen molar-refractivity contribution < 1.29 is 9.47 Å². The average Bonchev–Trinajstić information content (AvgIpc) is 2.65. The summed E-state index contributed by atoms with van der Waals surface area (Å²) in [7, 11) is 0. The molecule has 2 aliphatic rings. The number of nitrogens with two attached hydrogens (primary N) is 1. The first kappa shape index (κ1) is 8.05. The quantitative estimate of drug-likeness (QED) is 0.660. The topological polar surface area (TPSA) is 57.4 Å². The standard InChI is InChI=1S/C10H12N2O2/c11-9-2-1-7-8-5-13-3-6(8)4-14-10(7)12-9/h1-2,6,8H,3-5H2,(H2,11,12). The molecule has 2 aliphatic heterocycles. The molecule has 1 aromatic rings. The third-order valence-electron chi connectivity index (χ3n) is 2.94. The van der Waals surface area contributed by atoms with Gasteiger partial charge in [-0.1, -0.05) is 0 Å². The minimum atomic E-state index is 0.451. The lowest BCUT2D eigenvalue weighted by atomic mass is 9.88. The largest absolute Gasteiger partial charge is 0.477 e. The van der Waals surface area contributed by atoms with E-state index in [4.69, 9.17) is 15.2 Å². The number of fused-ring (bicyclic) bond motifs is 3. The van der Waals surface area contributed by atoms with Gasteiger partial charge in [-0.25, -0.2) is 0 Å². The summed E-state index contributed by atoms with van der Waals surface area (Å²) in [6.45, 7) is 2.29. The van der Waals surface area contributed by atoms with Crippen LogP contribution in [0.15, 0.2) is 12.1 Å². The maximum atomic E-state index is 5.60. The maximum absolute atomic E-state index is 5.60. The highest BCUT2D eigenvalue weighted by Gasteiger charge is 2.36. The van der Waals surface area contributed by atoms with Crippen LogP contribution in [0, 0.1) is 5.92 Å². The number of hydrogen-bond donors (Lipinski definition) is 1. The number of rotatable bonds is 0. The van der Waals surface area contributed by atoms with E-state index in [-0.39, 0.29) is 0 Å². The van der Waals surface area contributed by atoms with Gasteiger partial charge in [-0.2, -0.15) is 4.98 Å². The minimum Gasteiger partial charge on any atom is -0.477 e. The fourth-order valence-electron chi connectivity index (χ4n) is 2.16. The van der Waals surface area contributed by atoms with Gasteiger partial charge in [0.05, 0.1) is 19.8 Å². The molecule has 0 aliphatic carbocycles. The highest BCUT2D eigenvalue weighted by Crippen LogP contribution is 2.39. The molecular formula is C10H12N2O2. The Kier molecular flexibility index (Phi) is 1.64. The Morgan fingerprint density at radius 2 is 2.21 bits per heavy atom. The van der Waals surface area contributed by atoms with Crippen LogP contribution in [0.2, 0.25) is 0 Å². The molecule has 0 aromatic carbocycles. The minimum absolute atomic E-state index is 0.451. The van der Waals surface area contributed by atoms with Gasteiger partial charge in [0.2, 0.25) is 5.88 Å². The summed E-state index contributed by atoms with van der Waals surface area (Å²) < 4.78 is 11.0. The van der Waals surface area contributed by atoms with Crippen LogP contribution in [0.3, 0.4) is 0 Å². The Balaban J connectivity index is 2.05. The zero-order valence-electron chi connectivity index (χ0n) is 7.77. The molecule has 4 nitrogen and oxygen atoms in total. The molecule has 0 amide bonds. The first-order chi connectivity index (χ1) is 6.84. The zero-order valence-corrected chi connectivity index (χ0v) is 7.77. The van der Waals surface area contributed by atoms with Crippen molar-refractivity contribution >= 4 is 5.82 Å². The molecule has 3 rings (SSSR count). The molecule has 4 heteroatoms. The van der Waals surface area contributed by atoms with E-state index in [1.165, 1.54) is 0 Å². The van der Waals surface area contributed by atoms with Crippen molar-refractivity contribution in [2.24, 2.45) is 5.92 Å². The molecule has 1 saturated heterocycles. The third-order valence-corrected chi connectivity index (χ3v) is 2.94. The van der Waals surface area contributed by atoms with Crippen molar-refractivity contribution in [1.29, 1.82) is 0 Å². The maximum Gasteiger partial charge on any atom is 0.218 e. The fourth-order valence-corrected chi connectivity index (χ4v) is 2.16. The number of aromatic nitrogens is 1. The Bertz CT molecular complexity index is 367. The van der Waals surface area contributed by atoms with Crippen LogP contribution in [-0.4, -0.2) is 24.8 Å². The SMILES string of the molecule is Nc1ccc2c(n1)OCC1COCC21. The normalized spacial score (nSPS) is 29.1. The molecule has 0 saturated carbocycles. The van der Waals surface area contributed by atoms with Gasteiger partial charge in [-0.05, 0) is 12.1 Å². The molecule has 1 aromatic heterocycles. The summed E-state index contributed by atoms with van der Waals surface area (Å²) in [5.41, 5.74) is 6.74. The van der Waals surface area contributed by atoms with Gasteiger partial charge < -0.3 is 15.2 Å².